The summed E-state index contributed by atoms with van der Waals surface area (Å²) in [5.41, 5.74) is 6.11. The number of hydrogen-bond acceptors (Lipinski definition) is 3. The fourth-order valence-electron chi connectivity index (χ4n) is 1.36. The van der Waals surface area contributed by atoms with Gasteiger partial charge in [-0.3, -0.25) is 0 Å². The molecule has 4 nitrogen and oxygen atoms in total. The Bertz CT molecular complexity index is 471. The number of sulfonamides is 1. The summed E-state index contributed by atoms with van der Waals surface area (Å²) in [6.45, 7) is 1.89. The normalized spacial score (nSPS) is 11.7. The fourth-order valence-corrected chi connectivity index (χ4v) is 2.07. The molecule has 1 aromatic carbocycles. The van der Waals surface area contributed by atoms with Crippen molar-refractivity contribution in [1.29, 1.82) is 0 Å². The number of halogens is 1. The summed E-state index contributed by atoms with van der Waals surface area (Å²) >= 11 is 0. The monoisotopic (exact) mass is 232 g/mol. The lowest BCUT2D eigenvalue weighted by Crippen LogP contribution is -2.15. The summed E-state index contributed by atoms with van der Waals surface area (Å²) < 4.78 is 35.3. The molecule has 0 aromatic heterocycles. The number of primary sulfonamides is 1. The lowest BCUT2D eigenvalue weighted by Gasteiger charge is -2.09. The number of benzene rings is 1. The van der Waals surface area contributed by atoms with Crippen LogP contribution in [0.3, 0.4) is 0 Å². The van der Waals surface area contributed by atoms with Gasteiger partial charge in [-0.15, -0.1) is 0 Å². The third-order valence-corrected chi connectivity index (χ3v) is 2.97. The van der Waals surface area contributed by atoms with Crippen LogP contribution in [0.25, 0.3) is 0 Å². The molecule has 0 saturated carbocycles. The Kier molecular flexibility index (Phi) is 3.31. The summed E-state index contributed by atoms with van der Waals surface area (Å²) in [5.74, 6) is -0.642. The minimum absolute atomic E-state index is 0.0424. The van der Waals surface area contributed by atoms with Crippen molar-refractivity contribution in [2.75, 3.05) is 5.73 Å². The molecular formula is C9H13FN2O2S. The van der Waals surface area contributed by atoms with Gasteiger partial charge < -0.3 is 5.73 Å². The van der Waals surface area contributed by atoms with Gasteiger partial charge in [0.1, 0.15) is 10.7 Å². The molecule has 0 amide bonds. The maximum Gasteiger partial charge on any atom is 0.240 e. The van der Waals surface area contributed by atoms with Crippen molar-refractivity contribution in [3.8, 4) is 0 Å². The van der Waals surface area contributed by atoms with E-state index in [1.807, 2.05) is 6.92 Å². The van der Waals surface area contributed by atoms with Gasteiger partial charge in [-0.25, -0.2) is 17.9 Å². The molecule has 1 aromatic rings. The summed E-state index contributed by atoms with van der Waals surface area (Å²) in [6.07, 6.45) is 1.27. The zero-order valence-corrected chi connectivity index (χ0v) is 9.14. The van der Waals surface area contributed by atoms with Gasteiger partial charge in [-0.1, -0.05) is 13.3 Å². The first-order valence-electron chi connectivity index (χ1n) is 4.47. The Morgan fingerprint density at radius 2 is 2.00 bits per heavy atom. The van der Waals surface area contributed by atoms with Gasteiger partial charge in [0.25, 0.3) is 0 Å². The molecule has 0 heterocycles. The molecule has 0 saturated heterocycles. The van der Waals surface area contributed by atoms with Crippen LogP contribution in [-0.2, 0) is 16.4 Å². The molecule has 4 N–H and O–H groups in total. The van der Waals surface area contributed by atoms with Crippen LogP contribution < -0.4 is 10.9 Å². The first-order chi connectivity index (χ1) is 6.86. The number of nitrogens with two attached hydrogens (primary N) is 2. The maximum atomic E-state index is 13.1. The second-order valence-electron chi connectivity index (χ2n) is 3.27. The van der Waals surface area contributed by atoms with Gasteiger partial charge in [0, 0.05) is 0 Å². The molecule has 0 spiro atoms. The standard InChI is InChI=1S/C9H13FN2O2S/c1-2-3-6-4-7(10)5-8(9(6)11)15(12,13)14/h4-5H,2-3,11H2,1H3,(H2,12,13,14). The van der Waals surface area contributed by atoms with Gasteiger partial charge in [-0.05, 0) is 24.1 Å². The SMILES string of the molecule is CCCc1cc(F)cc(S(N)(=O)=O)c1N. The number of hydrogen-bond donors (Lipinski definition) is 2. The lowest BCUT2D eigenvalue weighted by atomic mass is 10.1. The summed E-state index contributed by atoms with van der Waals surface area (Å²) in [4.78, 5) is -0.342. The topological polar surface area (TPSA) is 86.2 Å². The van der Waals surface area contributed by atoms with Crippen LogP contribution in [0.4, 0.5) is 10.1 Å². The van der Waals surface area contributed by atoms with E-state index in [0.29, 0.717) is 12.0 Å². The Morgan fingerprint density at radius 3 is 2.47 bits per heavy atom. The quantitative estimate of drug-likeness (QED) is 0.762. The molecule has 15 heavy (non-hydrogen) atoms. The van der Waals surface area contributed by atoms with E-state index in [4.69, 9.17) is 10.9 Å². The van der Waals surface area contributed by atoms with E-state index < -0.39 is 15.8 Å². The number of aryl methyl sites for hydroxylation is 1. The van der Waals surface area contributed by atoms with E-state index in [-0.39, 0.29) is 10.6 Å². The lowest BCUT2D eigenvalue weighted by molar-refractivity contribution is 0.592. The fraction of sp³-hybridized carbons (Fsp3) is 0.333. The predicted molar refractivity (Wildman–Crippen MR) is 56.2 cm³/mol. The molecule has 0 aliphatic rings. The molecule has 0 aliphatic carbocycles. The highest BCUT2D eigenvalue weighted by Gasteiger charge is 2.16. The van der Waals surface area contributed by atoms with Crippen LogP contribution in [0.1, 0.15) is 18.9 Å². The van der Waals surface area contributed by atoms with Crippen LogP contribution >= 0.6 is 0 Å². The van der Waals surface area contributed by atoms with Gasteiger partial charge in [-0.2, -0.15) is 0 Å². The van der Waals surface area contributed by atoms with Crippen LogP contribution in [0.5, 0.6) is 0 Å². The third-order valence-electron chi connectivity index (χ3n) is 2.02. The molecule has 0 radical (unpaired) electrons. The van der Waals surface area contributed by atoms with Crippen molar-refractivity contribution in [2.45, 2.75) is 24.7 Å². The summed E-state index contributed by atoms with van der Waals surface area (Å²) in [6, 6.07) is 2.07. The van der Waals surface area contributed by atoms with Crippen LogP contribution in [0.15, 0.2) is 17.0 Å². The van der Waals surface area contributed by atoms with Crippen molar-refractivity contribution in [3.63, 3.8) is 0 Å². The van der Waals surface area contributed by atoms with Crippen LogP contribution in [0.2, 0.25) is 0 Å². The first kappa shape index (κ1) is 11.9. The molecule has 1 rings (SSSR count). The van der Waals surface area contributed by atoms with Crippen molar-refractivity contribution in [1.82, 2.24) is 0 Å². The van der Waals surface area contributed by atoms with Gasteiger partial charge >= 0.3 is 0 Å². The summed E-state index contributed by atoms with van der Waals surface area (Å²) in [7, 11) is -3.96. The minimum Gasteiger partial charge on any atom is -0.397 e. The van der Waals surface area contributed by atoms with Gasteiger partial charge in [0.15, 0.2) is 0 Å². The second-order valence-corrected chi connectivity index (χ2v) is 4.80. The van der Waals surface area contributed by atoms with Crippen molar-refractivity contribution in [3.05, 3.63) is 23.5 Å². The highest BCUT2D eigenvalue weighted by Crippen LogP contribution is 2.24. The smallest absolute Gasteiger partial charge is 0.240 e. The van der Waals surface area contributed by atoms with E-state index >= 15 is 0 Å². The Morgan fingerprint density at radius 1 is 1.40 bits per heavy atom. The molecule has 0 unspecified atom stereocenters. The van der Waals surface area contributed by atoms with E-state index in [2.05, 4.69) is 0 Å². The molecular weight excluding hydrogens is 219 g/mol. The van der Waals surface area contributed by atoms with E-state index in [1.54, 1.807) is 0 Å². The molecule has 0 bridgehead atoms. The summed E-state index contributed by atoms with van der Waals surface area (Å²) in [5, 5.41) is 4.92. The van der Waals surface area contributed by atoms with Crippen molar-refractivity contribution in [2.24, 2.45) is 5.14 Å². The van der Waals surface area contributed by atoms with E-state index in [9.17, 15) is 12.8 Å². The Labute approximate surface area is 88.1 Å². The molecule has 0 atom stereocenters. The Balaban J connectivity index is 3.42. The highest BCUT2D eigenvalue weighted by atomic mass is 32.2. The molecule has 0 fully saturated rings. The average molecular weight is 232 g/mol. The highest BCUT2D eigenvalue weighted by molar-refractivity contribution is 7.89. The maximum absolute atomic E-state index is 13.1. The van der Waals surface area contributed by atoms with Crippen molar-refractivity contribution < 1.29 is 12.8 Å². The molecule has 0 aliphatic heterocycles. The number of rotatable bonds is 3. The minimum atomic E-state index is -3.96. The first-order valence-corrected chi connectivity index (χ1v) is 6.01. The second kappa shape index (κ2) is 4.16. The van der Waals surface area contributed by atoms with Gasteiger partial charge in [0.2, 0.25) is 10.0 Å². The van der Waals surface area contributed by atoms with Crippen LogP contribution in [-0.4, -0.2) is 8.42 Å². The predicted octanol–water partition coefficient (Wildman–Crippen LogP) is 1.01. The molecule has 6 heteroatoms. The third kappa shape index (κ3) is 2.66. The number of nitrogen functional groups attached to an aromatic ring is 1. The average Bonchev–Trinajstić information content (AvgIpc) is 2.09. The van der Waals surface area contributed by atoms with E-state index in [0.717, 1.165) is 12.5 Å². The van der Waals surface area contributed by atoms with E-state index in [1.165, 1.54) is 6.07 Å². The molecule has 84 valence electrons. The van der Waals surface area contributed by atoms with Crippen molar-refractivity contribution >= 4 is 15.7 Å². The Hall–Kier alpha value is -1.14. The zero-order valence-electron chi connectivity index (χ0n) is 8.33. The number of anilines is 1. The van der Waals surface area contributed by atoms with Gasteiger partial charge in [0.05, 0.1) is 5.69 Å². The zero-order chi connectivity index (χ0) is 11.6. The van der Waals surface area contributed by atoms with Crippen LogP contribution in [0, 0.1) is 5.82 Å². The largest absolute Gasteiger partial charge is 0.397 e.